The van der Waals surface area contributed by atoms with Crippen LogP contribution in [0.5, 0.6) is 0 Å². The van der Waals surface area contributed by atoms with Crippen molar-refractivity contribution in [2.24, 2.45) is 5.73 Å². The van der Waals surface area contributed by atoms with Gasteiger partial charge >= 0.3 is 0 Å². The van der Waals surface area contributed by atoms with Gasteiger partial charge in [-0.3, -0.25) is 0 Å². The lowest BCUT2D eigenvalue weighted by Crippen LogP contribution is -1.95. The van der Waals surface area contributed by atoms with Crippen LogP contribution in [0.1, 0.15) is 5.56 Å². The molecule has 0 heterocycles. The number of benzene rings is 1. The third-order valence-corrected chi connectivity index (χ3v) is 3.56. The fraction of sp³-hybridized carbons (Fsp3) is 0.143. The molecule has 1 nitrogen and oxygen atoms in total. The van der Waals surface area contributed by atoms with Crippen LogP contribution in [0.2, 0.25) is 0 Å². The molecule has 3 heteroatoms. The fourth-order valence-electron chi connectivity index (χ4n) is 0.667. The molecular weight excluding hydrogens is 305 g/mol. The van der Waals surface area contributed by atoms with Crippen molar-refractivity contribution in [1.82, 2.24) is 0 Å². The van der Waals surface area contributed by atoms with Crippen LogP contribution in [-0.4, -0.2) is 0 Å². The molecule has 0 aliphatic carbocycles. The fourth-order valence-corrected chi connectivity index (χ4v) is 1.43. The quantitative estimate of drug-likeness (QED) is 0.792. The molecule has 0 fully saturated rings. The van der Waals surface area contributed by atoms with E-state index in [0.717, 1.165) is 10.0 Å². The molecular formula is C7H7BrIN. The van der Waals surface area contributed by atoms with E-state index in [4.69, 9.17) is 5.73 Å². The van der Waals surface area contributed by atoms with Crippen molar-refractivity contribution in [3.05, 3.63) is 31.8 Å². The van der Waals surface area contributed by atoms with E-state index in [-0.39, 0.29) is 0 Å². The smallest absolute Gasteiger partial charge is 0.0312 e. The summed E-state index contributed by atoms with van der Waals surface area (Å²) in [6, 6.07) is 6.13. The summed E-state index contributed by atoms with van der Waals surface area (Å²) in [5, 5.41) is 0. The lowest BCUT2D eigenvalue weighted by molar-refractivity contribution is 1.07. The monoisotopic (exact) mass is 311 g/mol. The predicted molar refractivity (Wildman–Crippen MR) is 54.8 cm³/mol. The Labute approximate surface area is 82.3 Å². The molecule has 0 aliphatic heterocycles. The van der Waals surface area contributed by atoms with Gasteiger partial charge in [-0.05, 0) is 56.2 Å². The first-order valence-electron chi connectivity index (χ1n) is 2.88. The molecule has 0 unspecified atom stereocenters. The lowest BCUT2D eigenvalue weighted by atomic mass is 10.2. The second-order valence-corrected chi connectivity index (χ2v) is 3.97. The third-order valence-electron chi connectivity index (χ3n) is 1.22. The second-order valence-electron chi connectivity index (χ2n) is 1.95. The van der Waals surface area contributed by atoms with Crippen molar-refractivity contribution >= 4 is 38.5 Å². The highest BCUT2D eigenvalue weighted by Crippen LogP contribution is 2.19. The topological polar surface area (TPSA) is 26.0 Å². The molecule has 0 saturated heterocycles. The van der Waals surface area contributed by atoms with Crippen LogP contribution < -0.4 is 5.73 Å². The highest BCUT2D eigenvalue weighted by atomic mass is 127. The zero-order valence-electron chi connectivity index (χ0n) is 5.27. The summed E-state index contributed by atoms with van der Waals surface area (Å²) in [4.78, 5) is 0. The van der Waals surface area contributed by atoms with Crippen molar-refractivity contribution in [3.8, 4) is 0 Å². The highest BCUT2D eigenvalue weighted by molar-refractivity contribution is 14.1. The SMILES string of the molecule is NCc1ccc(I)c(Br)c1. The van der Waals surface area contributed by atoms with Gasteiger partial charge in [0, 0.05) is 14.6 Å². The molecule has 0 aliphatic rings. The minimum Gasteiger partial charge on any atom is -0.326 e. The summed E-state index contributed by atoms with van der Waals surface area (Å²) >= 11 is 5.69. The van der Waals surface area contributed by atoms with Gasteiger partial charge in [0.25, 0.3) is 0 Å². The average molecular weight is 312 g/mol. The zero-order valence-corrected chi connectivity index (χ0v) is 9.02. The van der Waals surface area contributed by atoms with E-state index in [1.807, 2.05) is 18.2 Å². The molecule has 0 radical (unpaired) electrons. The van der Waals surface area contributed by atoms with E-state index in [9.17, 15) is 0 Å². The molecule has 54 valence electrons. The van der Waals surface area contributed by atoms with E-state index in [2.05, 4.69) is 38.5 Å². The Bertz CT molecular complexity index is 237. The van der Waals surface area contributed by atoms with Crippen molar-refractivity contribution in [2.75, 3.05) is 0 Å². The summed E-state index contributed by atoms with van der Waals surface area (Å²) in [7, 11) is 0. The number of hydrogen-bond acceptors (Lipinski definition) is 1. The summed E-state index contributed by atoms with van der Waals surface area (Å²) < 4.78 is 2.34. The summed E-state index contributed by atoms with van der Waals surface area (Å²) in [6.45, 7) is 0.607. The van der Waals surface area contributed by atoms with Crippen molar-refractivity contribution in [1.29, 1.82) is 0 Å². The molecule has 1 rings (SSSR count). The molecule has 0 amide bonds. The average Bonchev–Trinajstić information content (AvgIpc) is 1.95. The largest absolute Gasteiger partial charge is 0.326 e. The van der Waals surface area contributed by atoms with Gasteiger partial charge in [-0.2, -0.15) is 0 Å². The Morgan fingerprint density at radius 2 is 2.20 bits per heavy atom. The summed E-state index contributed by atoms with van der Waals surface area (Å²) in [5.41, 5.74) is 6.61. The normalized spacial score (nSPS) is 9.90. The number of nitrogens with two attached hydrogens (primary N) is 1. The Kier molecular flexibility index (Phi) is 3.13. The summed E-state index contributed by atoms with van der Waals surface area (Å²) in [5.74, 6) is 0. The van der Waals surface area contributed by atoms with Crippen LogP contribution in [-0.2, 0) is 6.54 Å². The Hall–Kier alpha value is 0.390. The third kappa shape index (κ3) is 1.93. The van der Waals surface area contributed by atoms with E-state index in [1.54, 1.807) is 0 Å². The van der Waals surface area contributed by atoms with E-state index >= 15 is 0 Å². The van der Waals surface area contributed by atoms with Gasteiger partial charge in [-0.25, -0.2) is 0 Å². The van der Waals surface area contributed by atoms with Gasteiger partial charge < -0.3 is 5.73 Å². The van der Waals surface area contributed by atoms with Crippen LogP contribution in [0.3, 0.4) is 0 Å². The predicted octanol–water partition coefficient (Wildman–Crippen LogP) is 2.51. The molecule has 2 N–H and O–H groups in total. The van der Waals surface area contributed by atoms with Crippen LogP contribution in [0.25, 0.3) is 0 Å². The first-order valence-corrected chi connectivity index (χ1v) is 4.75. The van der Waals surface area contributed by atoms with Crippen LogP contribution >= 0.6 is 38.5 Å². The lowest BCUT2D eigenvalue weighted by Gasteiger charge is -1.98. The number of rotatable bonds is 1. The zero-order chi connectivity index (χ0) is 7.56. The van der Waals surface area contributed by atoms with Gasteiger partial charge in [0.05, 0.1) is 0 Å². The molecule has 0 atom stereocenters. The van der Waals surface area contributed by atoms with Crippen LogP contribution in [0.15, 0.2) is 22.7 Å². The molecule has 1 aromatic rings. The maximum absolute atomic E-state index is 5.45. The van der Waals surface area contributed by atoms with Gasteiger partial charge in [-0.15, -0.1) is 0 Å². The molecule has 1 aromatic carbocycles. The van der Waals surface area contributed by atoms with Crippen molar-refractivity contribution < 1.29 is 0 Å². The van der Waals surface area contributed by atoms with Crippen molar-refractivity contribution in [3.63, 3.8) is 0 Å². The molecule has 0 spiro atoms. The maximum Gasteiger partial charge on any atom is 0.0312 e. The van der Waals surface area contributed by atoms with Crippen LogP contribution in [0, 0.1) is 3.57 Å². The maximum atomic E-state index is 5.45. The van der Waals surface area contributed by atoms with E-state index in [0.29, 0.717) is 6.54 Å². The van der Waals surface area contributed by atoms with E-state index < -0.39 is 0 Å². The Morgan fingerprint density at radius 3 is 2.70 bits per heavy atom. The van der Waals surface area contributed by atoms with E-state index in [1.165, 1.54) is 3.57 Å². The molecule has 0 bridgehead atoms. The number of hydrogen-bond donors (Lipinski definition) is 1. The van der Waals surface area contributed by atoms with Gasteiger partial charge in [0.1, 0.15) is 0 Å². The Balaban J connectivity index is 3.04. The summed E-state index contributed by atoms with van der Waals surface area (Å²) in [6.07, 6.45) is 0. The van der Waals surface area contributed by atoms with Crippen LogP contribution in [0.4, 0.5) is 0 Å². The second kappa shape index (κ2) is 3.69. The minimum absolute atomic E-state index is 0.607. The van der Waals surface area contributed by atoms with Gasteiger partial charge in [-0.1, -0.05) is 6.07 Å². The van der Waals surface area contributed by atoms with Crippen molar-refractivity contribution in [2.45, 2.75) is 6.54 Å². The molecule has 0 saturated carbocycles. The first kappa shape index (κ1) is 8.49. The van der Waals surface area contributed by atoms with Gasteiger partial charge in [0.15, 0.2) is 0 Å². The molecule has 10 heavy (non-hydrogen) atoms. The van der Waals surface area contributed by atoms with Gasteiger partial charge in [0.2, 0.25) is 0 Å². The Morgan fingerprint density at radius 1 is 1.50 bits per heavy atom. The number of halogens is 2. The standard InChI is InChI=1S/C7H7BrIN/c8-6-3-5(4-10)1-2-7(6)9/h1-3H,4,10H2. The minimum atomic E-state index is 0.607. The first-order chi connectivity index (χ1) is 4.74. The molecule has 0 aromatic heterocycles. The highest BCUT2D eigenvalue weighted by Gasteiger charge is 1.95.